The molecule has 1 saturated heterocycles. The second kappa shape index (κ2) is 7.51. The zero-order valence-electron chi connectivity index (χ0n) is 14.5. The van der Waals surface area contributed by atoms with E-state index in [0.717, 1.165) is 0 Å². The Balaban J connectivity index is 1.71. The van der Waals surface area contributed by atoms with Crippen molar-refractivity contribution in [2.45, 2.75) is 6.42 Å². The molecule has 0 aliphatic carbocycles. The number of amides is 2. The van der Waals surface area contributed by atoms with Crippen LogP contribution in [0.4, 0.5) is 4.39 Å². The van der Waals surface area contributed by atoms with E-state index in [0.29, 0.717) is 38.2 Å². The fourth-order valence-electron chi connectivity index (χ4n) is 2.99. The van der Waals surface area contributed by atoms with Gasteiger partial charge >= 0.3 is 0 Å². The molecule has 0 saturated carbocycles. The highest BCUT2D eigenvalue weighted by Crippen LogP contribution is 2.14. The van der Waals surface area contributed by atoms with Gasteiger partial charge < -0.3 is 14.4 Å². The summed E-state index contributed by atoms with van der Waals surface area (Å²) in [4.78, 5) is 40.1. The largest absolute Gasteiger partial charge is 0.337 e. The molecular weight excluding hydrogens is 337 g/mol. The van der Waals surface area contributed by atoms with Crippen LogP contribution in [0.3, 0.4) is 0 Å². The van der Waals surface area contributed by atoms with Gasteiger partial charge in [0.25, 0.3) is 17.4 Å². The van der Waals surface area contributed by atoms with Crippen LogP contribution >= 0.6 is 0 Å². The van der Waals surface area contributed by atoms with Crippen molar-refractivity contribution in [1.29, 1.82) is 0 Å². The van der Waals surface area contributed by atoms with E-state index in [9.17, 15) is 18.8 Å². The van der Waals surface area contributed by atoms with Gasteiger partial charge in [-0.15, -0.1) is 0 Å². The quantitative estimate of drug-likeness (QED) is 0.819. The van der Waals surface area contributed by atoms with E-state index in [1.165, 1.54) is 22.8 Å². The Kier molecular flexibility index (Phi) is 5.16. The Labute approximate surface area is 150 Å². The predicted molar refractivity (Wildman–Crippen MR) is 94.5 cm³/mol. The van der Waals surface area contributed by atoms with Gasteiger partial charge in [-0.3, -0.25) is 14.4 Å². The van der Waals surface area contributed by atoms with Gasteiger partial charge in [-0.1, -0.05) is 12.1 Å². The molecule has 1 aromatic carbocycles. The molecule has 1 aromatic heterocycles. The second-order valence-electron chi connectivity index (χ2n) is 6.28. The highest BCUT2D eigenvalue weighted by atomic mass is 19.1. The summed E-state index contributed by atoms with van der Waals surface area (Å²) in [5.41, 5.74) is 0.128. The smallest absolute Gasteiger partial charge is 0.256 e. The van der Waals surface area contributed by atoms with Gasteiger partial charge in [-0.25, -0.2) is 4.39 Å². The number of pyridine rings is 1. The molecule has 0 spiro atoms. The first-order chi connectivity index (χ1) is 12.5. The lowest BCUT2D eigenvalue weighted by Gasteiger charge is -2.22. The summed E-state index contributed by atoms with van der Waals surface area (Å²) in [6, 6.07) is 8.81. The van der Waals surface area contributed by atoms with Crippen LogP contribution in [0.1, 0.15) is 27.1 Å². The van der Waals surface area contributed by atoms with Crippen LogP contribution in [0, 0.1) is 5.82 Å². The Morgan fingerprint density at radius 2 is 1.62 bits per heavy atom. The van der Waals surface area contributed by atoms with E-state index in [2.05, 4.69) is 0 Å². The number of hydrogen-bond donors (Lipinski definition) is 0. The van der Waals surface area contributed by atoms with Crippen LogP contribution in [0.5, 0.6) is 0 Å². The van der Waals surface area contributed by atoms with Crippen molar-refractivity contribution in [2.75, 3.05) is 26.2 Å². The number of halogens is 1. The normalized spacial score (nSPS) is 14.8. The van der Waals surface area contributed by atoms with Crippen molar-refractivity contribution < 1.29 is 14.0 Å². The minimum Gasteiger partial charge on any atom is -0.337 e. The summed E-state index contributed by atoms with van der Waals surface area (Å²) < 4.78 is 15.2. The molecule has 0 radical (unpaired) electrons. The average Bonchev–Trinajstić information content (AvgIpc) is 2.89. The van der Waals surface area contributed by atoms with Crippen molar-refractivity contribution in [3.63, 3.8) is 0 Å². The molecule has 2 heterocycles. The van der Waals surface area contributed by atoms with Crippen LogP contribution in [0.2, 0.25) is 0 Å². The standard InChI is InChI=1S/C19H20FN3O3/c1-21-10-7-14(13-17(21)24)18(25)22-8-4-9-23(12-11-22)19(26)15-5-2-3-6-16(15)20/h2-3,5-7,10,13H,4,8-9,11-12H2,1H3. The van der Waals surface area contributed by atoms with Gasteiger partial charge in [-0.2, -0.15) is 0 Å². The lowest BCUT2D eigenvalue weighted by atomic mass is 10.2. The average molecular weight is 357 g/mol. The number of nitrogens with zero attached hydrogens (tertiary/aromatic N) is 3. The molecule has 1 aliphatic heterocycles. The Bertz CT molecular complexity index is 894. The number of carbonyl (C=O) groups is 2. The molecule has 0 unspecified atom stereocenters. The summed E-state index contributed by atoms with van der Waals surface area (Å²) >= 11 is 0. The third-order valence-corrected chi connectivity index (χ3v) is 4.53. The summed E-state index contributed by atoms with van der Waals surface area (Å²) in [5, 5.41) is 0. The molecule has 2 aromatic rings. The highest BCUT2D eigenvalue weighted by molar-refractivity contribution is 5.95. The van der Waals surface area contributed by atoms with Crippen molar-refractivity contribution in [2.24, 2.45) is 7.05 Å². The van der Waals surface area contributed by atoms with Gasteiger partial charge in [0, 0.05) is 51.1 Å². The van der Waals surface area contributed by atoms with Crippen LogP contribution in [-0.2, 0) is 7.05 Å². The monoisotopic (exact) mass is 357 g/mol. The lowest BCUT2D eigenvalue weighted by Crippen LogP contribution is -2.38. The minimum absolute atomic E-state index is 0.0406. The van der Waals surface area contributed by atoms with Gasteiger partial charge in [0.2, 0.25) is 0 Å². The van der Waals surface area contributed by atoms with Crippen LogP contribution in [-0.4, -0.2) is 52.4 Å². The number of rotatable bonds is 2. The molecule has 7 heteroatoms. The van der Waals surface area contributed by atoms with E-state index >= 15 is 0 Å². The molecule has 6 nitrogen and oxygen atoms in total. The van der Waals surface area contributed by atoms with Gasteiger partial charge in [0.05, 0.1) is 5.56 Å². The molecule has 136 valence electrons. The molecule has 0 atom stereocenters. The molecule has 0 bridgehead atoms. The number of carbonyl (C=O) groups excluding carboxylic acids is 2. The second-order valence-corrected chi connectivity index (χ2v) is 6.28. The SMILES string of the molecule is Cn1ccc(C(=O)N2CCCN(C(=O)c3ccccc3F)CC2)cc1=O. The molecule has 26 heavy (non-hydrogen) atoms. The first-order valence-corrected chi connectivity index (χ1v) is 8.47. The summed E-state index contributed by atoms with van der Waals surface area (Å²) in [6.07, 6.45) is 2.15. The molecule has 2 amide bonds. The van der Waals surface area contributed by atoms with E-state index in [1.54, 1.807) is 41.2 Å². The summed E-state index contributed by atoms with van der Waals surface area (Å²) in [6.45, 7) is 1.60. The topological polar surface area (TPSA) is 62.6 Å². The summed E-state index contributed by atoms with van der Waals surface area (Å²) in [5.74, 6) is -1.15. The fourth-order valence-corrected chi connectivity index (χ4v) is 2.99. The van der Waals surface area contributed by atoms with Crippen molar-refractivity contribution in [3.8, 4) is 0 Å². The maximum Gasteiger partial charge on any atom is 0.256 e. The predicted octanol–water partition coefficient (Wildman–Crippen LogP) is 1.51. The van der Waals surface area contributed by atoms with Crippen LogP contribution in [0.15, 0.2) is 47.4 Å². The summed E-state index contributed by atoms with van der Waals surface area (Å²) in [7, 11) is 1.62. The number of hydrogen-bond acceptors (Lipinski definition) is 3. The highest BCUT2D eigenvalue weighted by Gasteiger charge is 2.25. The maximum absolute atomic E-state index is 13.8. The molecule has 3 rings (SSSR count). The third-order valence-electron chi connectivity index (χ3n) is 4.53. The van der Waals surface area contributed by atoms with Crippen molar-refractivity contribution in [3.05, 3.63) is 69.9 Å². The van der Waals surface area contributed by atoms with E-state index in [-0.39, 0.29) is 22.9 Å². The van der Waals surface area contributed by atoms with Crippen molar-refractivity contribution in [1.82, 2.24) is 14.4 Å². The maximum atomic E-state index is 13.8. The van der Waals surface area contributed by atoms with Gasteiger partial charge in [0.15, 0.2) is 0 Å². The van der Waals surface area contributed by atoms with Gasteiger partial charge in [-0.05, 0) is 24.6 Å². The minimum atomic E-state index is -0.546. The van der Waals surface area contributed by atoms with E-state index < -0.39 is 5.82 Å². The van der Waals surface area contributed by atoms with E-state index in [4.69, 9.17) is 0 Å². The Hall–Kier alpha value is -2.96. The number of benzene rings is 1. The van der Waals surface area contributed by atoms with Crippen LogP contribution < -0.4 is 5.56 Å². The zero-order valence-corrected chi connectivity index (χ0v) is 14.5. The molecule has 1 aliphatic rings. The zero-order chi connectivity index (χ0) is 18.7. The first kappa shape index (κ1) is 17.8. The fraction of sp³-hybridized carbons (Fsp3) is 0.316. The van der Waals surface area contributed by atoms with Crippen LogP contribution in [0.25, 0.3) is 0 Å². The first-order valence-electron chi connectivity index (χ1n) is 8.47. The van der Waals surface area contributed by atoms with Crippen molar-refractivity contribution >= 4 is 11.8 Å². The Morgan fingerprint density at radius 1 is 0.962 bits per heavy atom. The number of aryl methyl sites for hydroxylation is 1. The van der Waals surface area contributed by atoms with Gasteiger partial charge in [0.1, 0.15) is 5.82 Å². The molecular formula is C19H20FN3O3. The number of aromatic nitrogens is 1. The van der Waals surface area contributed by atoms with E-state index in [1.807, 2.05) is 0 Å². The Morgan fingerprint density at radius 3 is 2.27 bits per heavy atom. The molecule has 0 N–H and O–H groups in total. The third kappa shape index (κ3) is 3.66. The molecule has 1 fully saturated rings. The lowest BCUT2D eigenvalue weighted by molar-refractivity contribution is 0.0716.